The van der Waals surface area contributed by atoms with Gasteiger partial charge in [-0.25, -0.2) is 14.4 Å². The molecule has 0 N–H and O–H groups in total. The van der Waals surface area contributed by atoms with Gasteiger partial charge in [-0.05, 0) is 57.7 Å². The summed E-state index contributed by atoms with van der Waals surface area (Å²) in [5.41, 5.74) is 1.64. The molecule has 1 aromatic heterocycles. The first-order valence-electron chi connectivity index (χ1n) is 11.0. The zero-order valence-corrected chi connectivity index (χ0v) is 19.0. The summed E-state index contributed by atoms with van der Waals surface area (Å²) in [6.07, 6.45) is 2.50. The summed E-state index contributed by atoms with van der Waals surface area (Å²) in [5, 5.41) is 0. The van der Waals surface area contributed by atoms with Crippen molar-refractivity contribution in [3.8, 4) is 0 Å². The van der Waals surface area contributed by atoms with Gasteiger partial charge >= 0.3 is 0 Å². The Kier molecular flexibility index (Phi) is 5.99. The van der Waals surface area contributed by atoms with Crippen LogP contribution in [0.4, 0.5) is 10.2 Å². The zero-order chi connectivity index (χ0) is 23.0. The minimum Gasteiger partial charge on any atom is -0.369 e. The number of amides is 2. The average molecular weight is 441 g/mol. The fourth-order valence-electron chi connectivity index (χ4n) is 4.38. The lowest BCUT2D eigenvalue weighted by Gasteiger charge is -2.32. The van der Waals surface area contributed by atoms with Gasteiger partial charge in [0.2, 0.25) is 5.91 Å². The molecule has 0 spiro atoms. The van der Waals surface area contributed by atoms with Crippen molar-refractivity contribution in [2.75, 3.05) is 25.1 Å². The van der Waals surface area contributed by atoms with E-state index < -0.39 is 5.60 Å². The van der Waals surface area contributed by atoms with Crippen LogP contribution in [0.15, 0.2) is 24.3 Å². The van der Waals surface area contributed by atoms with Crippen LogP contribution in [0, 0.1) is 12.7 Å². The second-order valence-electron chi connectivity index (χ2n) is 8.94. The third kappa shape index (κ3) is 4.11. The number of benzene rings is 1. The number of hydrogen-bond donors (Lipinski definition) is 0. The van der Waals surface area contributed by atoms with Crippen molar-refractivity contribution in [1.29, 1.82) is 0 Å². The van der Waals surface area contributed by atoms with E-state index in [4.69, 9.17) is 14.7 Å². The average Bonchev–Trinajstić information content (AvgIpc) is 3.37. The minimum atomic E-state index is -0.925. The molecule has 8 heteroatoms. The monoisotopic (exact) mass is 440 g/mol. The lowest BCUT2D eigenvalue weighted by molar-refractivity contribution is -0.152. The first-order valence-corrected chi connectivity index (χ1v) is 11.0. The molecule has 170 valence electrons. The maximum atomic E-state index is 13.2. The molecule has 0 bridgehead atoms. The van der Waals surface area contributed by atoms with Gasteiger partial charge in [-0.15, -0.1) is 0 Å². The van der Waals surface area contributed by atoms with E-state index in [1.165, 1.54) is 19.2 Å². The Morgan fingerprint density at radius 3 is 2.66 bits per heavy atom. The van der Waals surface area contributed by atoms with Crippen LogP contribution in [0.5, 0.6) is 0 Å². The van der Waals surface area contributed by atoms with Crippen molar-refractivity contribution in [1.82, 2.24) is 14.9 Å². The molecule has 32 heavy (non-hydrogen) atoms. The number of fused-ring (bicyclic) bond motifs is 1. The summed E-state index contributed by atoms with van der Waals surface area (Å²) in [5.74, 6) is 0.812. The van der Waals surface area contributed by atoms with Gasteiger partial charge in [-0.3, -0.25) is 14.5 Å². The van der Waals surface area contributed by atoms with Crippen molar-refractivity contribution in [3.05, 3.63) is 52.7 Å². The Hall–Kier alpha value is -2.87. The summed E-state index contributed by atoms with van der Waals surface area (Å²) in [6.45, 7) is 6.49. The Bertz CT molecular complexity index is 1040. The minimum absolute atomic E-state index is 0.0171. The smallest absolute Gasteiger partial charge is 0.254 e. The summed E-state index contributed by atoms with van der Waals surface area (Å²) >= 11 is 0. The molecule has 1 unspecified atom stereocenters. The van der Waals surface area contributed by atoms with E-state index >= 15 is 0 Å². The summed E-state index contributed by atoms with van der Waals surface area (Å²) in [6, 6.07) is 6.06. The summed E-state index contributed by atoms with van der Waals surface area (Å²) in [4.78, 5) is 38.8. The molecule has 1 aromatic carbocycles. The Morgan fingerprint density at radius 2 is 1.97 bits per heavy atom. The second kappa shape index (κ2) is 8.58. The number of carbonyl (C=O) groups excluding carboxylic acids is 2. The number of anilines is 1. The van der Waals surface area contributed by atoms with Crippen molar-refractivity contribution < 1.29 is 18.7 Å². The van der Waals surface area contributed by atoms with E-state index in [1.54, 1.807) is 35.8 Å². The number of methoxy groups -OCH3 is 1. The molecule has 1 saturated heterocycles. The molecule has 4 rings (SSSR count). The first kappa shape index (κ1) is 22.3. The molecule has 2 aliphatic rings. The predicted molar refractivity (Wildman–Crippen MR) is 118 cm³/mol. The van der Waals surface area contributed by atoms with E-state index in [9.17, 15) is 14.0 Å². The molecule has 0 radical (unpaired) electrons. The molecule has 2 aromatic rings. The highest BCUT2D eigenvalue weighted by Crippen LogP contribution is 2.36. The number of rotatable bonds is 6. The molecule has 2 aliphatic heterocycles. The van der Waals surface area contributed by atoms with Crippen LogP contribution in [0.25, 0.3) is 0 Å². The number of likely N-dealkylation sites (tertiary alicyclic amines) is 1. The molecule has 1 atom stereocenters. The highest BCUT2D eigenvalue weighted by atomic mass is 19.1. The fraction of sp³-hybridized carbons (Fsp3) is 0.500. The van der Waals surface area contributed by atoms with Crippen LogP contribution < -0.4 is 4.90 Å². The number of ether oxygens (including phenoxy) is 1. The van der Waals surface area contributed by atoms with Crippen LogP contribution in [-0.2, 0) is 27.2 Å². The van der Waals surface area contributed by atoms with Gasteiger partial charge in [-0.1, -0.05) is 12.1 Å². The first-order chi connectivity index (χ1) is 15.2. The summed E-state index contributed by atoms with van der Waals surface area (Å²) in [7, 11) is 1.53. The lowest BCUT2D eigenvalue weighted by Crippen LogP contribution is -2.46. The SMILES string of the molecule is COC(C)(C)C(=O)N1CCCC1c1nc(C)c2c(n1)N(CCc1ccc(F)cc1)C(=O)C2. The van der Waals surface area contributed by atoms with Crippen LogP contribution in [-0.4, -0.2) is 52.5 Å². The van der Waals surface area contributed by atoms with E-state index in [2.05, 4.69) is 0 Å². The van der Waals surface area contributed by atoms with Crippen molar-refractivity contribution in [3.63, 3.8) is 0 Å². The fourth-order valence-corrected chi connectivity index (χ4v) is 4.38. The second-order valence-corrected chi connectivity index (χ2v) is 8.94. The van der Waals surface area contributed by atoms with Gasteiger partial charge < -0.3 is 9.64 Å². The van der Waals surface area contributed by atoms with E-state index in [-0.39, 0.29) is 30.1 Å². The van der Waals surface area contributed by atoms with E-state index in [0.717, 1.165) is 29.7 Å². The Morgan fingerprint density at radius 1 is 1.25 bits per heavy atom. The molecule has 0 saturated carbocycles. The number of aromatic nitrogens is 2. The third-order valence-corrected chi connectivity index (χ3v) is 6.47. The molecule has 0 aliphatic carbocycles. The normalized spacial score (nSPS) is 18.4. The van der Waals surface area contributed by atoms with Crippen LogP contribution in [0.3, 0.4) is 0 Å². The third-order valence-electron chi connectivity index (χ3n) is 6.47. The maximum Gasteiger partial charge on any atom is 0.254 e. The molecule has 2 amide bonds. The number of hydrogen-bond acceptors (Lipinski definition) is 5. The standard InChI is InChI=1S/C24H29FN4O3/c1-15-18-14-20(30)29(13-11-16-7-9-17(25)10-8-16)22(18)27-21(26-15)19-6-5-12-28(19)23(31)24(2,3)32-4/h7-10,19H,5-6,11-14H2,1-4H3. The topological polar surface area (TPSA) is 75.6 Å². The molecule has 1 fully saturated rings. The quantitative estimate of drug-likeness (QED) is 0.690. The zero-order valence-electron chi connectivity index (χ0n) is 19.0. The number of halogens is 1. The largest absolute Gasteiger partial charge is 0.369 e. The van der Waals surface area contributed by atoms with Gasteiger partial charge in [0.1, 0.15) is 17.2 Å². The summed E-state index contributed by atoms with van der Waals surface area (Å²) < 4.78 is 18.6. The van der Waals surface area contributed by atoms with Crippen molar-refractivity contribution >= 4 is 17.6 Å². The van der Waals surface area contributed by atoms with Gasteiger partial charge in [0.25, 0.3) is 5.91 Å². The van der Waals surface area contributed by atoms with E-state index in [0.29, 0.717) is 31.2 Å². The van der Waals surface area contributed by atoms with Crippen LogP contribution in [0.2, 0.25) is 0 Å². The molecular weight excluding hydrogens is 411 g/mol. The maximum absolute atomic E-state index is 13.2. The number of nitrogens with zero attached hydrogens (tertiary/aromatic N) is 4. The van der Waals surface area contributed by atoms with E-state index in [1.807, 2.05) is 6.92 Å². The van der Waals surface area contributed by atoms with Crippen LogP contribution in [0.1, 0.15) is 55.4 Å². The van der Waals surface area contributed by atoms with Gasteiger partial charge in [0, 0.05) is 31.5 Å². The Balaban J connectivity index is 1.60. The number of carbonyl (C=O) groups is 2. The van der Waals surface area contributed by atoms with Gasteiger partial charge in [0.05, 0.1) is 12.5 Å². The van der Waals surface area contributed by atoms with Gasteiger partial charge in [0.15, 0.2) is 5.82 Å². The molecule has 3 heterocycles. The molecular formula is C24H29FN4O3. The van der Waals surface area contributed by atoms with Crippen molar-refractivity contribution in [2.45, 2.75) is 58.1 Å². The highest BCUT2D eigenvalue weighted by molar-refractivity contribution is 6.00. The number of aryl methyl sites for hydroxylation is 1. The van der Waals surface area contributed by atoms with Crippen molar-refractivity contribution in [2.24, 2.45) is 0 Å². The molecule has 7 nitrogen and oxygen atoms in total. The lowest BCUT2D eigenvalue weighted by atomic mass is 10.1. The Labute approximate surface area is 187 Å². The van der Waals surface area contributed by atoms with Crippen LogP contribution >= 0.6 is 0 Å². The highest BCUT2D eigenvalue weighted by Gasteiger charge is 2.41. The predicted octanol–water partition coefficient (Wildman–Crippen LogP) is 3.14. The van der Waals surface area contributed by atoms with Gasteiger partial charge in [-0.2, -0.15) is 0 Å².